The number of hydrogen-bond acceptors (Lipinski definition) is 0. The van der Waals surface area contributed by atoms with Crippen molar-refractivity contribution in [3.63, 3.8) is 0 Å². The van der Waals surface area contributed by atoms with Crippen LogP contribution in [0.2, 0.25) is 0 Å². The van der Waals surface area contributed by atoms with E-state index in [1.54, 1.807) is 0 Å². The van der Waals surface area contributed by atoms with E-state index in [-0.39, 0.29) is 0 Å². The quantitative estimate of drug-likeness (QED) is 0.465. The molecule has 0 nitrogen and oxygen atoms in total. The predicted molar refractivity (Wildman–Crippen MR) is 49.5 cm³/mol. The van der Waals surface area contributed by atoms with Crippen molar-refractivity contribution in [2.24, 2.45) is 0 Å². The van der Waals surface area contributed by atoms with E-state index in [0.29, 0.717) is 0 Å². The Morgan fingerprint density at radius 1 is 1.00 bits per heavy atom. The summed E-state index contributed by atoms with van der Waals surface area (Å²) < 4.78 is 6.51. The van der Waals surface area contributed by atoms with Gasteiger partial charge in [0.25, 0.3) is 0 Å². The Kier molecular flexibility index (Phi) is 2.85. The first kappa shape index (κ1) is 8.00. The number of terminal acetylenes is 2. The van der Waals surface area contributed by atoms with Crippen molar-refractivity contribution >= 4 is 19.0 Å². The van der Waals surface area contributed by atoms with Gasteiger partial charge in [0, 0.05) is 0 Å². The zero-order valence-corrected chi connectivity index (χ0v) is 7.87. The summed E-state index contributed by atoms with van der Waals surface area (Å²) in [5, 5.41) is 0. The Labute approximate surface area is 71.9 Å². The van der Waals surface area contributed by atoms with Gasteiger partial charge >= 0.3 is 71.6 Å². The molecule has 1 heteroatoms. The average molecular weight is 202 g/mol. The minimum absolute atomic E-state index is 1.16. The van der Waals surface area contributed by atoms with Crippen molar-refractivity contribution < 1.29 is 0 Å². The van der Waals surface area contributed by atoms with E-state index >= 15 is 0 Å². The molecule has 0 radical (unpaired) electrons. The van der Waals surface area contributed by atoms with Crippen LogP contribution in [0.1, 0.15) is 0 Å². The Morgan fingerprint density at radius 3 is 2.00 bits per heavy atom. The van der Waals surface area contributed by atoms with Crippen molar-refractivity contribution in [3.8, 4) is 22.3 Å². The van der Waals surface area contributed by atoms with Crippen LogP contribution in [0.15, 0.2) is 30.3 Å². The van der Waals surface area contributed by atoms with E-state index in [0.717, 1.165) is 4.35 Å². The molecule has 1 rings (SSSR count). The third-order valence-electron chi connectivity index (χ3n) is 1.27. The summed E-state index contributed by atoms with van der Waals surface area (Å²) in [6.45, 7) is 0. The van der Waals surface area contributed by atoms with Gasteiger partial charge in [0.1, 0.15) is 0 Å². The summed E-state index contributed by atoms with van der Waals surface area (Å²) in [7, 11) is 0. The molecule has 0 bridgehead atoms. The van der Waals surface area contributed by atoms with Crippen molar-refractivity contribution in [3.05, 3.63) is 30.3 Å². The van der Waals surface area contributed by atoms with E-state index in [9.17, 15) is 0 Å². The van der Waals surface area contributed by atoms with Crippen LogP contribution in [0.3, 0.4) is 0 Å². The third-order valence-corrected chi connectivity index (χ3v) is 4.07. The second-order valence-electron chi connectivity index (χ2n) is 1.93. The van der Waals surface area contributed by atoms with Gasteiger partial charge in [-0.3, -0.25) is 0 Å². The van der Waals surface area contributed by atoms with Crippen LogP contribution in [0, 0.1) is 22.3 Å². The summed E-state index contributed by atoms with van der Waals surface area (Å²) in [6, 6.07) is 9.89. The summed E-state index contributed by atoms with van der Waals surface area (Å²) in [5.74, 6) is 0. The van der Waals surface area contributed by atoms with Crippen molar-refractivity contribution in [2.75, 3.05) is 0 Å². The number of hydrogen-bond donors (Lipinski definition) is 0. The molecule has 52 valence electrons. The first-order valence-electron chi connectivity index (χ1n) is 3.16. The van der Waals surface area contributed by atoms with Gasteiger partial charge in [-0.1, -0.05) is 0 Å². The van der Waals surface area contributed by atoms with Gasteiger partial charge in [-0.25, -0.2) is 0 Å². The molecular weight excluding hydrogens is 195 g/mol. The molecule has 1 aromatic rings. The molecule has 0 N–H and O–H groups in total. The van der Waals surface area contributed by atoms with Crippen LogP contribution < -0.4 is 4.35 Å². The fraction of sp³-hybridized carbons (Fsp3) is 0. The maximum atomic E-state index is 5.29. The molecule has 0 saturated carbocycles. The normalized spacial score (nSPS) is 8.64. The second kappa shape index (κ2) is 3.92. The molecule has 0 unspecified atom stereocenters. The molecule has 0 aliphatic carbocycles. The van der Waals surface area contributed by atoms with Gasteiger partial charge in [0.15, 0.2) is 0 Å². The third kappa shape index (κ3) is 1.91. The van der Waals surface area contributed by atoms with Crippen LogP contribution in [-0.2, 0) is 0 Å². The molecule has 0 aliphatic rings. The molecule has 0 atom stereocenters. The van der Waals surface area contributed by atoms with Crippen LogP contribution in [0.4, 0.5) is 0 Å². The molecule has 1 aromatic carbocycles. The van der Waals surface area contributed by atoms with E-state index in [1.165, 1.54) is 0 Å². The van der Waals surface area contributed by atoms with Crippen molar-refractivity contribution in [1.82, 2.24) is 0 Å². The van der Waals surface area contributed by atoms with Gasteiger partial charge in [-0.15, -0.1) is 0 Å². The molecule has 0 spiro atoms. The van der Waals surface area contributed by atoms with E-state index in [1.807, 2.05) is 30.3 Å². The summed E-state index contributed by atoms with van der Waals surface area (Å²) in [5.41, 5.74) is 0. The standard InChI is InChI=1S/C10H7As/c1-3-11(4-2)10-8-6-5-7-9-10/h1-2,5-9H. The molecule has 0 amide bonds. The maximum absolute atomic E-state index is 5.29. The summed E-state index contributed by atoms with van der Waals surface area (Å²) in [4.78, 5) is 0. The topological polar surface area (TPSA) is 0 Å². The minimum atomic E-state index is -1.56. The Balaban J connectivity index is 2.96. The van der Waals surface area contributed by atoms with E-state index in [4.69, 9.17) is 12.8 Å². The summed E-state index contributed by atoms with van der Waals surface area (Å²) >= 11 is -1.56. The first-order valence-corrected chi connectivity index (χ1v) is 5.97. The predicted octanol–water partition coefficient (Wildman–Crippen LogP) is 0.733. The molecule has 0 fully saturated rings. The van der Waals surface area contributed by atoms with Gasteiger partial charge in [0.2, 0.25) is 0 Å². The Bertz CT molecular complexity index is 286. The van der Waals surface area contributed by atoms with Crippen molar-refractivity contribution in [2.45, 2.75) is 0 Å². The molecule has 0 heterocycles. The molecule has 0 saturated heterocycles. The molecule has 11 heavy (non-hydrogen) atoms. The van der Waals surface area contributed by atoms with Gasteiger partial charge in [-0.05, 0) is 0 Å². The van der Waals surface area contributed by atoms with Crippen molar-refractivity contribution in [1.29, 1.82) is 0 Å². The van der Waals surface area contributed by atoms with Crippen LogP contribution in [-0.4, -0.2) is 14.7 Å². The van der Waals surface area contributed by atoms with E-state index in [2.05, 4.69) is 9.42 Å². The zero-order valence-electron chi connectivity index (χ0n) is 5.99. The molecular formula is C10H7As. The second-order valence-corrected chi connectivity index (χ2v) is 5.50. The monoisotopic (exact) mass is 202 g/mol. The molecule has 0 aliphatic heterocycles. The zero-order chi connectivity index (χ0) is 8.10. The van der Waals surface area contributed by atoms with Crippen LogP contribution >= 0.6 is 0 Å². The molecule has 0 aromatic heterocycles. The fourth-order valence-corrected chi connectivity index (χ4v) is 2.53. The number of benzene rings is 1. The summed E-state index contributed by atoms with van der Waals surface area (Å²) in [6.07, 6.45) is 10.6. The Morgan fingerprint density at radius 2 is 1.55 bits per heavy atom. The van der Waals surface area contributed by atoms with Gasteiger partial charge in [0.05, 0.1) is 0 Å². The van der Waals surface area contributed by atoms with Crippen LogP contribution in [0.5, 0.6) is 0 Å². The number of rotatable bonds is 1. The van der Waals surface area contributed by atoms with E-state index < -0.39 is 14.7 Å². The first-order chi connectivity index (χ1) is 5.38. The Hall–Kier alpha value is -1.10. The fourth-order valence-electron chi connectivity index (χ4n) is 0.763. The van der Waals surface area contributed by atoms with Gasteiger partial charge in [-0.2, -0.15) is 0 Å². The SMILES string of the molecule is C#C[As](C#C)c1ccccc1. The average Bonchev–Trinajstić information content (AvgIpc) is 2.09. The van der Waals surface area contributed by atoms with Crippen LogP contribution in [0.25, 0.3) is 0 Å². The van der Waals surface area contributed by atoms with Gasteiger partial charge < -0.3 is 0 Å².